The molecule has 1 saturated carbocycles. The van der Waals surface area contributed by atoms with E-state index in [9.17, 15) is 12.8 Å². The van der Waals surface area contributed by atoms with Crippen molar-refractivity contribution in [3.63, 3.8) is 0 Å². The van der Waals surface area contributed by atoms with Crippen LogP contribution in [0.4, 0.5) is 10.2 Å². The highest BCUT2D eigenvalue weighted by molar-refractivity contribution is 7.89. The van der Waals surface area contributed by atoms with Crippen LogP contribution < -0.4 is 4.90 Å². The first-order valence-corrected chi connectivity index (χ1v) is 11.2. The molecule has 1 aliphatic carbocycles. The molecule has 0 radical (unpaired) electrons. The summed E-state index contributed by atoms with van der Waals surface area (Å²) < 4.78 is 42.3. The number of hydrogen-bond donors (Lipinski definition) is 0. The molecule has 0 unspecified atom stereocenters. The van der Waals surface area contributed by atoms with Crippen molar-refractivity contribution in [2.75, 3.05) is 31.1 Å². The lowest BCUT2D eigenvalue weighted by Crippen LogP contribution is -2.49. The second kappa shape index (κ2) is 6.89. The largest absolute Gasteiger partial charge is 0.353 e. The number of halogens is 2. The molecule has 2 aliphatic rings. The van der Waals surface area contributed by atoms with Gasteiger partial charge in [0.1, 0.15) is 11.6 Å². The van der Waals surface area contributed by atoms with Crippen LogP contribution >= 0.6 is 11.6 Å². The lowest BCUT2D eigenvalue weighted by atomic mass is 10.3. The van der Waals surface area contributed by atoms with E-state index >= 15 is 0 Å². The van der Waals surface area contributed by atoms with Gasteiger partial charge in [-0.3, -0.25) is 0 Å². The monoisotopic (exact) mass is 436 g/mol. The van der Waals surface area contributed by atoms with Crippen molar-refractivity contribution in [1.82, 2.24) is 24.1 Å². The van der Waals surface area contributed by atoms with Crippen LogP contribution in [0.3, 0.4) is 0 Å². The van der Waals surface area contributed by atoms with Crippen LogP contribution in [-0.4, -0.2) is 58.7 Å². The summed E-state index contributed by atoms with van der Waals surface area (Å²) in [5.74, 6) is 1.44. The molecule has 29 heavy (non-hydrogen) atoms. The summed E-state index contributed by atoms with van der Waals surface area (Å²) in [7, 11) is -3.73. The van der Waals surface area contributed by atoms with Crippen molar-refractivity contribution in [1.29, 1.82) is 0 Å². The molecule has 3 heterocycles. The first-order chi connectivity index (χ1) is 13.9. The van der Waals surface area contributed by atoms with Crippen LogP contribution in [0, 0.1) is 5.82 Å². The van der Waals surface area contributed by atoms with Crippen molar-refractivity contribution in [3.05, 3.63) is 47.0 Å². The molecule has 1 aromatic carbocycles. The van der Waals surface area contributed by atoms with Gasteiger partial charge in [-0.25, -0.2) is 12.8 Å². The zero-order valence-corrected chi connectivity index (χ0v) is 16.9. The first-order valence-electron chi connectivity index (χ1n) is 9.36. The number of hydrogen-bond acceptors (Lipinski definition) is 6. The molecular formula is C18H18ClFN6O2S. The number of sulfonamides is 1. The van der Waals surface area contributed by atoms with Crippen LogP contribution in [0.5, 0.6) is 0 Å². The Morgan fingerprint density at radius 1 is 1.03 bits per heavy atom. The lowest BCUT2D eigenvalue weighted by molar-refractivity contribution is 0.383. The van der Waals surface area contributed by atoms with Gasteiger partial charge in [0.25, 0.3) is 0 Å². The summed E-state index contributed by atoms with van der Waals surface area (Å²) in [5.41, 5.74) is 0.713. The first kappa shape index (κ1) is 18.7. The summed E-state index contributed by atoms with van der Waals surface area (Å²) >= 11 is 5.75. The van der Waals surface area contributed by atoms with Gasteiger partial charge in [-0.15, -0.1) is 15.3 Å². The van der Waals surface area contributed by atoms with E-state index in [1.165, 1.54) is 10.4 Å². The highest BCUT2D eigenvalue weighted by Gasteiger charge is 2.31. The quantitative estimate of drug-likeness (QED) is 0.624. The molecular weight excluding hydrogens is 419 g/mol. The summed E-state index contributed by atoms with van der Waals surface area (Å²) in [4.78, 5) is 2.04. The van der Waals surface area contributed by atoms with Crippen LogP contribution in [-0.2, 0) is 10.0 Å². The Balaban J connectivity index is 1.34. The molecule has 5 rings (SSSR count). The minimum Gasteiger partial charge on any atom is -0.353 e. The summed E-state index contributed by atoms with van der Waals surface area (Å²) in [6.07, 6.45) is 2.22. The Morgan fingerprint density at radius 2 is 1.79 bits per heavy atom. The van der Waals surface area contributed by atoms with E-state index < -0.39 is 15.8 Å². The average molecular weight is 437 g/mol. The van der Waals surface area contributed by atoms with Gasteiger partial charge in [0.2, 0.25) is 10.0 Å². The molecule has 8 nitrogen and oxygen atoms in total. The number of piperazine rings is 1. The van der Waals surface area contributed by atoms with E-state index in [1.54, 1.807) is 4.52 Å². The number of anilines is 1. The predicted molar refractivity (Wildman–Crippen MR) is 105 cm³/mol. The van der Waals surface area contributed by atoms with Gasteiger partial charge in [-0.2, -0.15) is 8.82 Å². The lowest BCUT2D eigenvalue weighted by Gasteiger charge is -2.34. The van der Waals surface area contributed by atoms with E-state index in [-0.39, 0.29) is 9.92 Å². The van der Waals surface area contributed by atoms with E-state index in [4.69, 9.17) is 11.6 Å². The third-order valence-corrected chi connectivity index (χ3v) is 7.49. The van der Waals surface area contributed by atoms with Gasteiger partial charge in [-0.05, 0) is 43.2 Å². The van der Waals surface area contributed by atoms with E-state index in [1.807, 2.05) is 17.0 Å². The molecule has 0 amide bonds. The maximum Gasteiger partial charge on any atom is 0.243 e. The fourth-order valence-electron chi connectivity index (χ4n) is 3.50. The molecule has 3 aromatic rings. The Morgan fingerprint density at radius 3 is 2.48 bits per heavy atom. The number of fused-ring (bicyclic) bond motifs is 1. The predicted octanol–water partition coefficient (Wildman–Crippen LogP) is 2.31. The molecule has 0 spiro atoms. The normalized spacial score (nSPS) is 18.5. The van der Waals surface area contributed by atoms with Gasteiger partial charge >= 0.3 is 0 Å². The Labute approximate surface area is 171 Å². The second-order valence-corrected chi connectivity index (χ2v) is 9.61. The van der Waals surface area contributed by atoms with Crippen molar-refractivity contribution in [2.45, 2.75) is 23.7 Å². The number of benzene rings is 1. The second-order valence-electron chi connectivity index (χ2n) is 7.26. The Kier molecular flexibility index (Phi) is 4.45. The van der Waals surface area contributed by atoms with E-state index in [0.29, 0.717) is 37.7 Å². The zero-order chi connectivity index (χ0) is 20.2. The maximum atomic E-state index is 13.4. The van der Waals surface area contributed by atoms with E-state index in [0.717, 1.165) is 36.6 Å². The third-order valence-electron chi connectivity index (χ3n) is 5.31. The molecule has 152 valence electrons. The summed E-state index contributed by atoms with van der Waals surface area (Å²) in [5, 5.41) is 12.9. The molecule has 1 aliphatic heterocycles. The molecule has 1 saturated heterocycles. The highest BCUT2D eigenvalue weighted by atomic mass is 35.5. The summed E-state index contributed by atoms with van der Waals surface area (Å²) in [6, 6.07) is 7.22. The summed E-state index contributed by atoms with van der Waals surface area (Å²) in [6.45, 7) is 1.59. The highest BCUT2D eigenvalue weighted by Crippen LogP contribution is 2.38. The Hall–Kier alpha value is -2.30. The molecule has 0 bridgehead atoms. The van der Waals surface area contributed by atoms with Gasteiger partial charge in [0, 0.05) is 32.1 Å². The van der Waals surface area contributed by atoms with Gasteiger partial charge in [0.05, 0.1) is 9.92 Å². The van der Waals surface area contributed by atoms with Crippen LogP contribution in [0.1, 0.15) is 24.6 Å². The van der Waals surface area contributed by atoms with Crippen molar-refractivity contribution >= 4 is 33.1 Å². The minimum atomic E-state index is -3.73. The molecule has 0 atom stereocenters. The number of nitrogens with zero attached hydrogens (tertiary/aromatic N) is 6. The van der Waals surface area contributed by atoms with Gasteiger partial charge in [-0.1, -0.05) is 11.6 Å². The SMILES string of the molecule is O=S(=O)(c1ccc(F)c(Cl)c1)N1CCN(c2ccc3nnc(C4CC4)n3n2)CC1. The van der Waals surface area contributed by atoms with Gasteiger partial charge < -0.3 is 4.90 Å². The maximum absolute atomic E-state index is 13.4. The third kappa shape index (κ3) is 3.34. The zero-order valence-electron chi connectivity index (χ0n) is 15.4. The fourth-order valence-corrected chi connectivity index (χ4v) is 5.20. The van der Waals surface area contributed by atoms with E-state index in [2.05, 4.69) is 15.3 Å². The number of aromatic nitrogens is 4. The molecule has 2 fully saturated rings. The Bertz CT molecular complexity index is 1190. The minimum absolute atomic E-state index is 0.00420. The van der Waals surface area contributed by atoms with Crippen LogP contribution in [0.2, 0.25) is 5.02 Å². The van der Waals surface area contributed by atoms with Crippen molar-refractivity contribution in [3.8, 4) is 0 Å². The fraction of sp³-hybridized carbons (Fsp3) is 0.389. The standard InChI is InChI=1S/C18H18ClFN6O2S/c19-14-11-13(3-4-15(14)20)29(27,28)25-9-7-24(8-10-25)17-6-5-16-21-22-18(12-1-2-12)26(16)23-17/h3-6,11-12H,1-2,7-10H2. The van der Waals surface area contributed by atoms with Crippen LogP contribution in [0.15, 0.2) is 35.2 Å². The topological polar surface area (TPSA) is 83.7 Å². The molecule has 2 aromatic heterocycles. The van der Waals surface area contributed by atoms with Crippen molar-refractivity contribution < 1.29 is 12.8 Å². The van der Waals surface area contributed by atoms with Crippen molar-refractivity contribution in [2.24, 2.45) is 0 Å². The smallest absolute Gasteiger partial charge is 0.243 e. The molecule has 0 N–H and O–H groups in total. The molecule has 11 heteroatoms. The number of rotatable bonds is 4. The van der Waals surface area contributed by atoms with Crippen LogP contribution in [0.25, 0.3) is 5.65 Å². The average Bonchev–Trinajstić information content (AvgIpc) is 3.48. The van der Waals surface area contributed by atoms with Gasteiger partial charge in [0.15, 0.2) is 11.5 Å².